The lowest BCUT2D eigenvalue weighted by atomic mass is 9.92. The molecular weight excluding hydrogens is 224 g/mol. The van der Waals surface area contributed by atoms with Crippen molar-refractivity contribution in [1.29, 1.82) is 0 Å². The highest BCUT2D eigenvalue weighted by Gasteiger charge is 2.17. The number of aromatic nitrogens is 2. The molecule has 2 aromatic rings. The summed E-state index contributed by atoms with van der Waals surface area (Å²) in [4.78, 5) is 4.33. The first-order chi connectivity index (χ1) is 7.37. The number of imidazole rings is 1. The quantitative estimate of drug-likeness (QED) is 0.828. The molecule has 0 aromatic carbocycles. The van der Waals surface area contributed by atoms with Gasteiger partial charge in [-0.25, -0.2) is 4.98 Å². The standard InChI is InChI=1S/C12H15ClN2O/c1-12(2,3)7-10-14-11(13)9-6-8(16)4-5-15(9)10/h4-6,16H,7H2,1-3H3. The van der Waals surface area contributed by atoms with Gasteiger partial charge < -0.3 is 9.51 Å². The number of fused-ring (bicyclic) bond motifs is 1. The maximum absolute atomic E-state index is 9.40. The summed E-state index contributed by atoms with van der Waals surface area (Å²) >= 11 is 6.04. The minimum atomic E-state index is 0.155. The second kappa shape index (κ2) is 3.67. The Bertz CT molecular complexity index is 526. The Hall–Kier alpha value is -1.22. The van der Waals surface area contributed by atoms with Gasteiger partial charge in [0.15, 0.2) is 5.15 Å². The number of rotatable bonds is 1. The van der Waals surface area contributed by atoms with E-state index in [0.29, 0.717) is 5.15 Å². The van der Waals surface area contributed by atoms with Crippen molar-refractivity contribution < 1.29 is 5.11 Å². The number of pyridine rings is 1. The monoisotopic (exact) mass is 238 g/mol. The van der Waals surface area contributed by atoms with Crippen LogP contribution in [0.2, 0.25) is 5.15 Å². The number of halogens is 1. The number of nitrogens with zero attached hydrogens (tertiary/aromatic N) is 2. The third-order valence-corrected chi connectivity index (χ3v) is 2.62. The van der Waals surface area contributed by atoms with Gasteiger partial charge in [0.25, 0.3) is 0 Å². The molecule has 2 heterocycles. The van der Waals surface area contributed by atoms with Crippen LogP contribution in [0.4, 0.5) is 0 Å². The minimum absolute atomic E-state index is 0.155. The average Bonchev–Trinajstić information content (AvgIpc) is 2.40. The molecule has 2 rings (SSSR count). The Morgan fingerprint density at radius 3 is 2.75 bits per heavy atom. The molecule has 86 valence electrons. The zero-order valence-corrected chi connectivity index (χ0v) is 10.4. The molecule has 0 aliphatic heterocycles. The van der Waals surface area contributed by atoms with Gasteiger partial charge in [-0.3, -0.25) is 0 Å². The van der Waals surface area contributed by atoms with Crippen LogP contribution >= 0.6 is 11.6 Å². The van der Waals surface area contributed by atoms with Crippen LogP contribution in [-0.2, 0) is 6.42 Å². The highest BCUT2D eigenvalue weighted by molar-refractivity contribution is 6.32. The van der Waals surface area contributed by atoms with Gasteiger partial charge in [0.05, 0.1) is 5.52 Å². The Labute approximate surface area is 99.7 Å². The van der Waals surface area contributed by atoms with Crippen molar-refractivity contribution in [3.63, 3.8) is 0 Å². The average molecular weight is 239 g/mol. The third-order valence-electron chi connectivity index (χ3n) is 2.34. The molecule has 0 amide bonds. The number of aromatic hydroxyl groups is 1. The molecule has 0 fully saturated rings. The molecule has 0 aliphatic carbocycles. The van der Waals surface area contributed by atoms with Gasteiger partial charge in [-0.1, -0.05) is 32.4 Å². The second-order valence-electron chi connectivity index (χ2n) is 5.20. The molecule has 0 saturated carbocycles. The molecule has 0 unspecified atom stereocenters. The van der Waals surface area contributed by atoms with Crippen molar-refractivity contribution in [3.8, 4) is 5.75 Å². The summed E-state index contributed by atoms with van der Waals surface area (Å²) in [5, 5.41) is 9.84. The van der Waals surface area contributed by atoms with E-state index in [-0.39, 0.29) is 11.2 Å². The fourth-order valence-electron chi connectivity index (χ4n) is 1.70. The molecule has 2 aromatic heterocycles. The van der Waals surface area contributed by atoms with E-state index in [0.717, 1.165) is 17.8 Å². The van der Waals surface area contributed by atoms with Crippen LogP contribution in [0.5, 0.6) is 5.75 Å². The maximum Gasteiger partial charge on any atom is 0.155 e. The van der Waals surface area contributed by atoms with Crippen LogP contribution in [0, 0.1) is 5.41 Å². The number of hydrogen-bond donors (Lipinski definition) is 1. The molecule has 3 nitrogen and oxygen atoms in total. The van der Waals surface area contributed by atoms with E-state index in [1.807, 2.05) is 4.40 Å². The maximum atomic E-state index is 9.40. The summed E-state index contributed by atoms with van der Waals surface area (Å²) in [7, 11) is 0. The smallest absolute Gasteiger partial charge is 0.155 e. The Balaban J connectivity index is 2.55. The zero-order valence-electron chi connectivity index (χ0n) is 9.66. The molecule has 0 saturated heterocycles. The molecular formula is C12H15ClN2O. The van der Waals surface area contributed by atoms with Crippen molar-refractivity contribution in [2.45, 2.75) is 27.2 Å². The topological polar surface area (TPSA) is 37.5 Å². The van der Waals surface area contributed by atoms with Gasteiger partial charge in [-0.15, -0.1) is 0 Å². The normalized spacial score (nSPS) is 12.2. The predicted octanol–water partition coefficient (Wildman–Crippen LogP) is 3.28. The summed E-state index contributed by atoms with van der Waals surface area (Å²) in [5.41, 5.74) is 0.906. The van der Waals surface area contributed by atoms with Crippen molar-refractivity contribution in [3.05, 3.63) is 29.3 Å². The highest BCUT2D eigenvalue weighted by atomic mass is 35.5. The lowest BCUT2D eigenvalue weighted by Gasteiger charge is -2.16. The van der Waals surface area contributed by atoms with Crippen LogP contribution in [0.1, 0.15) is 26.6 Å². The van der Waals surface area contributed by atoms with E-state index in [9.17, 15) is 5.11 Å². The molecule has 0 spiro atoms. The minimum Gasteiger partial charge on any atom is -0.508 e. The Kier molecular flexibility index (Phi) is 2.58. The molecule has 16 heavy (non-hydrogen) atoms. The van der Waals surface area contributed by atoms with Crippen LogP contribution < -0.4 is 0 Å². The van der Waals surface area contributed by atoms with Gasteiger partial charge in [-0.2, -0.15) is 0 Å². The SMILES string of the molecule is CC(C)(C)Cc1nc(Cl)c2cc(O)ccn12. The molecule has 0 aliphatic rings. The van der Waals surface area contributed by atoms with Crippen molar-refractivity contribution in [2.24, 2.45) is 5.41 Å². The highest BCUT2D eigenvalue weighted by Crippen LogP contribution is 2.26. The van der Waals surface area contributed by atoms with Gasteiger partial charge in [0.1, 0.15) is 11.6 Å². The van der Waals surface area contributed by atoms with Gasteiger partial charge >= 0.3 is 0 Å². The molecule has 0 bridgehead atoms. The second-order valence-corrected chi connectivity index (χ2v) is 5.55. The summed E-state index contributed by atoms with van der Waals surface area (Å²) in [6.07, 6.45) is 2.64. The summed E-state index contributed by atoms with van der Waals surface area (Å²) in [6.45, 7) is 6.47. The Morgan fingerprint density at radius 2 is 2.12 bits per heavy atom. The zero-order chi connectivity index (χ0) is 11.9. The molecule has 4 heteroatoms. The number of hydrogen-bond acceptors (Lipinski definition) is 2. The van der Waals surface area contributed by atoms with Gasteiger partial charge in [0, 0.05) is 18.7 Å². The predicted molar refractivity (Wildman–Crippen MR) is 65.0 cm³/mol. The van der Waals surface area contributed by atoms with Crippen LogP contribution in [0.3, 0.4) is 0 Å². The molecule has 0 radical (unpaired) electrons. The lowest BCUT2D eigenvalue weighted by Crippen LogP contribution is -2.11. The van der Waals surface area contributed by atoms with Crippen LogP contribution in [0.25, 0.3) is 5.52 Å². The van der Waals surface area contributed by atoms with Crippen LogP contribution in [-0.4, -0.2) is 14.5 Å². The van der Waals surface area contributed by atoms with Crippen molar-refractivity contribution in [2.75, 3.05) is 0 Å². The van der Waals surface area contributed by atoms with E-state index in [2.05, 4.69) is 25.8 Å². The first-order valence-electron chi connectivity index (χ1n) is 5.22. The summed E-state index contributed by atoms with van der Waals surface area (Å²) in [6, 6.07) is 3.26. The van der Waals surface area contributed by atoms with E-state index in [1.54, 1.807) is 18.3 Å². The lowest BCUT2D eigenvalue weighted by molar-refractivity contribution is 0.400. The largest absolute Gasteiger partial charge is 0.508 e. The molecule has 0 atom stereocenters. The van der Waals surface area contributed by atoms with E-state index < -0.39 is 0 Å². The fourth-order valence-corrected chi connectivity index (χ4v) is 1.94. The first-order valence-corrected chi connectivity index (χ1v) is 5.60. The fraction of sp³-hybridized carbons (Fsp3) is 0.417. The summed E-state index contributed by atoms with van der Waals surface area (Å²) in [5.74, 6) is 1.13. The van der Waals surface area contributed by atoms with Crippen LogP contribution in [0.15, 0.2) is 18.3 Å². The molecule has 1 N–H and O–H groups in total. The Morgan fingerprint density at radius 1 is 1.44 bits per heavy atom. The first kappa shape index (κ1) is 11.3. The van der Waals surface area contributed by atoms with Crippen molar-refractivity contribution in [1.82, 2.24) is 9.38 Å². The van der Waals surface area contributed by atoms with Gasteiger partial charge in [0.2, 0.25) is 0 Å². The van der Waals surface area contributed by atoms with E-state index >= 15 is 0 Å². The van der Waals surface area contributed by atoms with E-state index in [1.165, 1.54) is 0 Å². The van der Waals surface area contributed by atoms with Crippen molar-refractivity contribution >= 4 is 17.1 Å². The third kappa shape index (κ3) is 2.14. The summed E-state index contributed by atoms with van der Waals surface area (Å²) < 4.78 is 1.92. The van der Waals surface area contributed by atoms with Gasteiger partial charge in [-0.05, 0) is 11.5 Å². The van der Waals surface area contributed by atoms with E-state index in [4.69, 9.17) is 11.6 Å².